The molecular weight excluding hydrogens is 206 g/mol. The molecule has 1 aliphatic heterocycles. The van der Waals surface area contributed by atoms with E-state index in [0.717, 1.165) is 43.8 Å². The van der Waals surface area contributed by atoms with Crippen molar-refractivity contribution in [1.29, 1.82) is 0 Å². The van der Waals surface area contributed by atoms with Crippen molar-refractivity contribution in [3.8, 4) is 0 Å². The van der Waals surface area contributed by atoms with E-state index in [4.69, 9.17) is 5.73 Å². The van der Waals surface area contributed by atoms with Gasteiger partial charge in [0.25, 0.3) is 0 Å². The zero-order chi connectivity index (χ0) is 10.9. The fraction of sp³-hybridized carbons (Fsp3) is 1.00. The van der Waals surface area contributed by atoms with Crippen LogP contribution in [-0.4, -0.2) is 27.8 Å². The minimum Gasteiger partial charge on any atom is -0.388 e. The van der Waals surface area contributed by atoms with Crippen LogP contribution in [0.15, 0.2) is 0 Å². The van der Waals surface area contributed by atoms with Gasteiger partial charge in [-0.05, 0) is 50.2 Å². The molecular formula is C12H23NOS. The average Bonchev–Trinajstić information content (AvgIpc) is 2.24. The highest BCUT2D eigenvalue weighted by Gasteiger charge is 2.49. The second kappa shape index (κ2) is 4.27. The SMILES string of the molecule is CC1CCC(O)(C2(N)CCCSC2)CC1. The molecule has 0 aromatic rings. The van der Waals surface area contributed by atoms with E-state index in [0.29, 0.717) is 0 Å². The van der Waals surface area contributed by atoms with Gasteiger partial charge in [-0.25, -0.2) is 0 Å². The van der Waals surface area contributed by atoms with Crippen LogP contribution >= 0.6 is 11.8 Å². The first-order chi connectivity index (χ1) is 7.06. The van der Waals surface area contributed by atoms with Gasteiger partial charge in [0.2, 0.25) is 0 Å². The smallest absolute Gasteiger partial charge is 0.0834 e. The van der Waals surface area contributed by atoms with E-state index < -0.39 is 5.60 Å². The van der Waals surface area contributed by atoms with Crippen molar-refractivity contribution in [2.45, 2.75) is 56.6 Å². The molecule has 1 unspecified atom stereocenters. The predicted octanol–water partition coefficient (Wildman–Crippen LogP) is 2.15. The highest BCUT2D eigenvalue weighted by molar-refractivity contribution is 7.99. The molecule has 1 heterocycles. The van der Waals surface area contributed by atoms with Crippen LogP contribution in [0.1, 0.15) is 45.4 Å². The Morgan fingerprint density at radius 3 is 2.47 bits per heavy atom. The molecule has 0 bridgehead atoms. The molecule has 0 spiro atoms. The van der Waals surface area contributed by atoms with Gasteiger partial charge in [-0.1, -0.05) is 6.92 Å². The van der Waals surface area contributed by atoms with E-state index in [1.165, 1.54) is 12.2 Å². The van der Waals surface area contributed by atoms with Crippen molar-refractivity contribution in [2.75, 3.05) is 11.5 Å². The van der Waals surface area contributed by atoms with Crippen molar-refractivity contribution in [3.05, 3.63) is 0 Å². The maximum Gasteiger partial charge on any atom is 0.0834 e. The summed E-state index contributed by atoms with van der Waals surface area (Å²) < 4.78 is 0. The molecule has 3 heteroatoms. The highest BCUT2D eigenvalue weighted by atomic mass is 32.2. The fourth-order valence-corrected chi connectivity index (χ4v) is 4.19. The fourth-order valence-electron chi connectivity index (χ4n) is 2.92. The van der Waals surface area contributed by atoms with Crippen LogP contribution in [-0.2, 0) is 0 Å². The van der Waals surface area contributed by atoms with E-state index in [2.05, 4.69) is 6.92 Å². The highest BCUT2D eigenvalue weighted by Crippen LogP contribution is 2.43. The van der Waals surface area contributed by atoms with Crippen LogP contribution < -0.4 is 5.73 Å². The minimum atomic E-state index is -0.576. The molecule has 0 radical (unpaired) electrons. The molecule has 0 aromatic carbocycles. The van der Waals surface area contributed by atoms with Gasteiger partial charge in [0.1, 0.15) is 0 Å². The van der Waals surface area contributed by atoms with Crippen LogP contribution in [0.4, 0.5) is 0 Å². The summed E-state index contributed by atoms with van der Waals surface area (Å²) in [6, 6.07) is 0. The number of nitrogens with two attached hydrogens (primary N) is 1. The predicted molar refractivity (Wildman–Crippen MR) is 66.1 cm³/mol. The third kappa shape index (κ3) is 2.20. The molecule has 1 aliphatic carbocycles. The van der Waals surface area contributed by atoms with Gasteiger partial charge in [0, 0.05) is 5.75 Å². The van der Waals surface area contributed by atoms with Crippen molar-refractivity contribution >= 4 is 11.8 Å². The molecule has 2 fully saturated rings. The van der Waals surface area contributed by atoms with Gasteiger partial charge in [-0.15, -0.1) is 0 Å². The summed E-state index contributed by atoms with van der Waals surface area (Å²) in [5, 5.41) is 10.7. The molecule has 1 atom stereocenters. The van der Waals surface area contributed by atoms with E-state index in [1.807, 2.05) is 11.8 Å². The van der Waals surface area contributed by atoms with Crippen molar-refractivity contribution in [3.63, 3.8) is 0 Å². The summed E-state index contributed by atoms with van der Waals surface area (Å²) in [5.74, 6) is 2.92. The Hall–Kier alpha value is 0.270. The summed E-state index contributed by atoms with van der Waals surface area (Å²) in [6.45, 7) is 2.28. The quantitative estimate of drug-likeness (QED) is 0.724. The number of aliphatic hydroxyl groups is 1. The van der Waals surface area contributed by atoms with E-state index in [1.54, 1.807) is 0 Å². The summed E-state index contributed by atoms with van der Waals surface area (Å²) in [4.78, 5) is 0. The molecule has 3 N–H and O–H groups in total. The Balaban J connectivity index is 2.06. The molecule has 2 rings (SSSR count). The molecule has 0 aromatic heterocycles. The third-order valence-corrected chi connectivity index (χ3v) is 5.60. The zero-order valence-electron chi connectivity index (χ0n) is 9.67. The monoisotopic (exact) mass is 229 g/mol. The Bertz CT molecular complexity index is 218. The largest absolute Gasteiger partial charge is 0.388 e. The third-order valence-electron chi connectivity index (χ3n) is 4.30. The van der Waals surface area contributed by atoms with Crippen LogP contribution in [0, 0.1) is 5.92 Å². The summed E-state index contributed by atoms with van der Waals surface area (Å²) in [7, 11) is 0. The second-order valence-electron chi connectivity index (χ2n) is 5.53. The number of thioether (sulfide) groups is 1. The summed E-state index contributed by atoms with van der Waals surface area (Å²) >= 11 is 1.91. The molecule has 1 saturated heterocycles. The molecule has 0 amide bonds. The minimum absolute atomic E-state index is 0.309. The summed E-state index contributed by atoms with van der Waals surface area (Å²) in [5.41, 5.74) is 5.56. The molecule has 15 heavy (non-hydrogen) atoms. The first-order valence-corrected chi connectivity index (χ1v) is 7.30. The zero-order valence-corrected chi connectivity index (χ0v) is 10.5. The molecule has 2 nitrogen and oxygen atoms in total. The Kier molecular flexibility index (Phi) is 3.34. The van der Waals surface area contributed by atoms with Gasteiger partial charge in [0.15, 0.2) is 0 Å². The molecule has 1 saturated carbocycles. The lowest BCUT2D eigenvalue weighted by Gasteiger charge is -2.49. The maximum atomic E-state index is 10.7. The number of hydrogen-bond donors (Lipinski definition) is 2. The van der Waals surface area contributed by atoms with Crippen LogP contribution in [0.25, 0.3) is 0 Å². The van der Waals surface area contributed by atoms with Gasteiger partial charge < -0.3 is 10.8 Å². The van der Waals surface area contributed by atoms with Crippen LogP contribution in [0.3, 0.4) is 0 Å². The van der Waals surface area contributed by atoms with Gasteiger partial charge in [-0.3, -0.25) is 0 Å². The standard InChI is InChI=1S/C12H23NOS/c1-10-3-6-12(14,7-4-10)11(13)5-2-8-15-9-11/h10,14H,2-9,13H2,1H3. The topological polar surface area (TPSA) is 46.2 Å². The van der Waals surface area contributed by atoms with Crippen molar-refractivity contribution in [2.24, 2.45) is 11.7 Å². The lowest BCUT2D eigenvalue weighted by molar-refractivity contribution is -0.0680. The second-order valence-corrected chi connectivity index (χ2v) is 6.63. The van der Waals surface area contributed by atoms with Crippen LogP contribution in [0.2, 0.25) is 0 Å². The van der Waals surface area contributed by atoms with E-state index >= 15 is 0 Å². The first-order valence-electron chi connectivity index (χ1n) is 6.15. The lowest BCUT2D eigenvalue weighted by Crippen LogP contribution is -2.64. The first kappa shape index (κ1) is 11.7. The van der Waals surface area contributed by atoms with Crippen molar-refractivity contribution < 1.29 is 5.11 Å². The maximum absolute atomic E-state index is 10.7. The normalized spacial score (nSPS) is 47.8. The Morgan fingerprint density at radius 1 is 1.27 bits per heavy atom. The summed E-state index contributed by atoms with van der Waals surface area (Å²) in [6.07, 6.45) is 6.26. The van der Waals surface area contributed by atoms with Crippen molar-refractivity contribution in [1.82, 2.24) is 0 Å². The molecule has 2 aliphatic rings. The molecule has 88 valence electrons. The Labute approximate surface area is 97.0 Å². The van der Waals surface area contributed by atoms with Gasteiger partial charge >= 0.3 is 0 Å². The number of rotatable bonds is 1. The van der Waals surface area contributed by atoms with Gasteiger partial charge in [0.05, 0.1) is 11.1 Å². The van der Waals surface area contributed by atoms with Gasteiger partial charge in [-0.2, -0.15) is 11.8 Å². The van der Waals surface area contributed by atoms with Crippen LogP contribution in [0.5, 0.6) is 0 Å². The average molecular weight is 229 g/mol. The van der Waals surface area contributed by atoms with E-state index in [-0.39, 0.29) is 5.54 Å². The number of hydrogen-bond acceptors (Lipinski definition) is 3. The Morgan fingerprint density at radius 2 is 1.93 bits per heavy atom. The van der Waals surface area contributed by atoms with E-state index in [9.17, 15) is 5.11 Å². The lowest BCUT2D eigenvalue weighted by atomic mass is 9.68.